The van der Waals surface area contributed by atoms with Crippen molar-refractivity contribution in [3.05, 3.63) is 33.9 Å². The zero-order valence-electron chi connectivity index (χ0n) is 7.32. The van der Waals surface area contributed by atoms with Gasteiger partial charge in [-0.25, -0.2) is 4.79 Å². The van der Waals surface area contributed by atoms with E-state index in [0.29, 0.717) is 0 Å². The van der Waals surface area contributed by atoms with Gasteiger partial charge in [-0.1, -0.05) is 0 Å². The summed E-state index contributed by atoms with van der Waals surface area (Å²) >= 11 is 0. The maximum Gasteiger partial charge on any atom is 0.337 e. The predicted molar refractivity (Wildman–Crippen MR) is 47.4 cm³/mol. The molecular formula is C8H7NO6. The highest BCUT2D eigenvalue weighted by Crippen LogP contribution is 2.28. The molecule has 0 heterocycles. The first-order valence-corrected chi connectivity index (χ1v) is 3.81. The monoisotopic (exact) mass is 213 g/mol. The summed E-state index contributed by atoms with van der Waals surface area (Å²) in [4.78, 5) is 19.9. The molecule has 0 fully saturated rings. The van der Waals surface area contributed by atoms with Gasteiger partial charge in [-0.3, -0.25) is 10.1 Å². The number of aromatic hydroxyl groups is 1. The minimum Gasteiger partial charge on any atom is -0.507 e. The number of nitrogens with zero attached hydrogens (tertiary/aromatic N) is 1. The van der Waals surface area contributed by atoms with Crippen molar-refractivity contribution in [2.75, 3.05) is 0 Å². The normalized spacial score (nSPS) is 12.1. The third kappa shape index (κ3) is 2.20. The highest BCUT2D eigenvalue weighted by atomic mass is 16.6. The van der Waals surface area contributed by atoms with Crippen LogP contribution in [0.2, 0.25) is 0 Å². The van der Waals surface area contributed by atoms with Gasteiger partial charge in [0.1, 0.15) is 5.75 Å². The maximum absolute atomic E-state index is 10.4. The fourth-order valence-electron chi connectivity index (χ4n) is 1.01. The van der Waals surface area contributed by atoms with Crippen LogP contribution in [-0.2, 0) is 4.79 Å². The summed E-state index contributed by atoms with van der Waals surface area (Å²) in [6.07, 6.45) is -1.90. The van der Waals surface area contributed by atoms with Gasteiger partial charge in [0.25, 0.3) is 5.69 Å². The maximum atomic E-state index is 10.4. The number of nitro benzene ring substituents is 1. The molecule has 0 saturated heterocycles. The van der Waals surface area contributed by atoms with Crippen molar-refractivity contribution in [3.63, 3.8) is 0 Å². The van der Waals surface area contributed by atoms with Crippen molar-refractivity contribution < 1.29 is 25.0 Å². The van der Waals surface area contributed by atoms with E-state index in [2.05, 4.69) is 0 Å². The molecule has 80 valence electrons. The lowest BCUT2D eigenvalue weighted by molar-refractivity contribution is -0.385. The number of aliphatic hydroxyl groups is 1. The Hall–Kier alpha value is -2.15. The van der Waals surface area contributed by atoms with E-state index in [1.165, 1.54) is 0 Å². The fraction of sp³-hybridized carbons (Fsp3) is 0.125. The van der Waals surface area contributed by atoms with Crippen molar-refractivity contribution in [2.24, 2.45) is 0 Å². The molecule has 0 aliphatic heterocycles. The lowest BCUT2D eigenvalue weighted by Gasteiger charge is -2.07. The Morgan fingerprint density at radius 1 is 1.47 bits per heavy atom. The van der Waals surface area contributed by atoms with Crippen LogP contribution in [-0.4, -0.2) is 26.2 Å². The first-order chi connectivity index (χ1) is 6.93. The third-order valence-corrected chi connectivity index (χ3v) is 1.75. The zero-order valence-corrected chi connectivity index (χ0v) is 7.32. The van der Waals surface area contributed by atoms with E-state index in [1.807, 2.05) is 0 Å². The molecule has 1 aromatic carbocycles. The molecule has 1 unspecified atom stereocenters. The summed E-state index contributed by atoms with van der Waals surface area (Å²) in [5, 5.41) is 37.0. The summed E-state index contributed by atoms with van der Waals surface area (Å²) in [5.74, 6) is -2.17. The van der Waals surface area contributed by atoms with E-state index in [9.17, 15) is 20.0 Å². The van der Waals surface area contributed by atoms with Gasteiger partial charge in [0.15, 0.2) is 6.10 Å². The molecule has 0 aromatic heterocycles. The van der Waals surface area contributed by atoms with E-state index in [0.717, 1.165) is 18.2 Å². The van der Waals surface area contributed by atoms with Crippen LogP contribution in [0.3, 0.4) is 0 Å². The van der Waals surface area contributed by atoms with E-state index in [-0.39, 0.29) is 11.3 Å². The average molecular weight is 213 g/mol. The van der Waals surface area contributed by atoms with Crippen LogP contribution in [0.25, 0.3) is 0 Å². The van der Waals surface area contributed by atoms with E-state index in [1.54, 1.807) is 0 Å². The van der Waals surface area contributed by atoms with Crippen molar-refractivity contribution in [1.82, 2.24) is 0 Å². The Kier molecular flexibility index (Phi) is 2.86. The minimum absolute atomic E-state index is 0.284. The van der Waals surface area contributed by atoms with E-state index >= 15 is 0 Å². The van der Waals surface area contributed by atoms with Crippen LogP contribution >= 0.6 is 0 Å². The lowest BCUT2D eigenvalue weighted by atomic mass is 10.1. The number of aliphatic hydroxyl groups excluding tert-OH is 1. The van der Waals surface area contributed by atoms with Crippen LogP contribution < -0.4 is 0 Å². The van der Waals surface area contributed by atoms with Crippen LogP contribution in [0.15, 0.2) is 18.2 Å². The van der Waals surface area contributed by atoms with E-state index in [4.69, 9.17) is 10.2 Å². The second kappa shape index (κ2) is 3.93. The molecule has 0 radical (unpaired) electrons. The topological polar surface area (TPSA) is 121 Å². The number of non-ortho nitro benzene ring substituents is 1. The molecule has 7 nitrogen and oxygen atoms in total. The Labute approximate surface area is 83.4 Å². The molecule has 1 aromatic rings. The summed E-state index contributed by atoms with van der Waals surface area (Å²) in [7, 11) is 0. The Balaban J connectivity index is 3.13. The number of hydrogen-bond donors (Lipinski definition) is 3. The first-order valence-electron chi connectivity index (χ1n) is 3.81. The highest BCUT2D eigenvalue weighted by molar-refractivity contribution is 5.75. The number of carbonyl (C=O) groups is 1. The molecule has 0 aliphatic carbocycles. The van der Waals surface area contributed by atoms with Gasteiger partial charge in [0.2, 0.25) is 0 Å². The van der Waals surface area contributed by atoms with Gasteiger partial charge in [-0.2, -0.15) is 0 Å². The molecule has 1 rings (SSSR count). The molecule has 0 amide bonds. The van der Waals surface area contributed by atoms with Gasteiger partial charge >= 0.3 is 5.97 Å². The van der Waals surface area contributed by atoms with Crippen molar-refractivity contribution >= 4 is 11.7 Å². The van der Waals surface area contributed by atoms with Crippen LogP contribution in [0.4, 0.5) is 5.69 Å². The van der Waals surface area contributed by atoms with Crippen molar-refractivity contribution in [3.8, 4) is 5.75 Å². The SMILES string of the molecule is O=C(O)C(O)c1ccc([N+](=O)[O-])cc1O. The number of carboxylic acid groups (broad SMARTS) is 1. The Morgan fingerprint density at radius 2 is 2.07 bits per heavy atom. The van der Waals surface area contributed by atoms with Crippen LogP contribution in [0.5, 0.6) is 5.75 Å². The first kappa shape index (κ1) is 10.9. The summed E-state index contributed by atoms with van der Waals surface area (Å²) in [6, 6.07) is 2.77. The molecular weight excluding hydrogens is 206 g/mol. The second-order valence-corrected chi connectivity index (χ2v) is 2.74. The van der Waals surface area contributed by atoms with Gasteiger partial charge in [0.05, 0.1) is 11.0 Å². The average Bonchev–Trinajstić information content (AvgIpc) is 2.16. The Morgan fingerprint density at radius 3 is 2.47 bits per heavy atom. The molecule has 15 heavy (non-hydrogen) atoms. The molecule has 0 aliphatic rings. The largest absolute Gasteiger partial charge is 0.507 e. The van der Waals surface area contributed by atoms with Gasteiger partial charge < -0.3 is 15.3 Å². The fourth-order valence-corrected chi connectivity index (χ4v) is 1.01. The van der Waals surface area contributed by atoms with Gasteiger partial charge in [-0.05, 0) is 6.07 Å². The molecule has 0 bridgehead atoms. The number of phenolic OH excluding ortho intramolecular Hbond substituents is 1. The molecule has 1 atom stereocenters. The van der Waals surface area contributed by atoms with Crippen molar-refractivity contribution in [1.29, 1.82) is 0 Å². The third-order valence-electron chi connectivity index (χ3n) is 1.75. The second-order valence-electron chi connectivity index (χ2n) is 2.74. The number of phenols is 1. The highest BCUT2D eigenvalue weighted by Gasteiger charge is 2.21. The molecule has 3 N–H and O–H groups in total. The number of carboxylic acids is 1. The van der Waals surface area contributed by atoms with Crippen LogP contribution in [0, 0.1) is 10.1 Å². The minimum atomic E-state index is -1.90. The van der Waals surface area contributed by atoms with E-state index < -0.39 is 22.7 Å². The molecule has 0 spiro atoms. The number of nitro groups is 1. The lowest BCUT2D eigenvalue weighted by Crippen LogP contribution is -2.10. The smallest absolute Gasteiger partial charge is 0.337 e. The predicted octanol–water partition coefficient (Wildman–Crippen LogP) is 0.418. The zero-order chi connectivity index (χ0) is 11.6. The van der Waals surface area contributed by atoms with Gasteiger partial charge in [-0.15, -0.1) is 0 Å². The summed E-state index contributed by atoms with van der Waals surface area (Å²) in [5.41, 5.74) is -0.665. The van der Waals surface area contributed by atoms with Crippen LogP contribution in [0.1, 0.15) is 11.7 Å². The Bertz CT molecular complexity index is 416. The number of aliphatic carboxylic acids is 1. The number of benzene rings is 1. The summed E-state index contributed by atoms with van der Waals surface area (Å²) in [6.45, 7) is 0. The van der Waals surface area contributed by atoms with Gasteiger partial charge in [0, 0.05) is 11.6 Å². The molecule has 0 saturated carbocycles. The van der Waals surface area contributed by atoms with Crippen molar-refractivity contribution in [2.45, 2.75) is 6.10 Å². The standard InChI is InChI=1S/C8H7NO6/c10-6-3-4(9(14)15)1-2-5(6)7(11)8(12)13/h1-3,7,10-11H,(H,12,13). The molecule has 7 heteroatoms. The quantitative estimate of drug-likeness (QED) is 0.494. The number of rotatable bonds is 3. The summed E-state index contributed by atoms with van der Waals surface area (Å²) < 4.78 is 0. The number of hydrogen-bond acceptors (Lipinski definition) is 5.